The molecule has 0 aromatic rings. The third-order valence-corrected chi connectivity index (χ3v) is 8.88. The lowest BCUT2D eigenvalue weighted by molar-refractivity contribution is -0.138. The van der Waals surface area contributed by atoms with Crippen LogP contribution in [0.1, 0.15) is 87.5 Å². The van der Waals surface area contributed by atoms with E-state index in [0.29, 0.717) is 31.1 Å². The second kappa shape index (κ2) is 23.2. The summed E-state index contributed by atoms with van der Waals surface area (Å²) in [6, 6.07) is 0.408. The Labute approximate surface area is 287 Å². The van der Waals surface area contributed by atoms with Gasteiger partial charge in [0.2, 0.25) is 23.6 Å². The zero-order valence-electron chi connectivity index (χ0n) is 31.7. The lowest BCUT2D eigenvalue weighted by Gasteiger charge is -2.33. The summed E-state index contributed by atoms with van der Waals surface area (Å²) >= 11 is 0. The lowest BCUT2D eigenvalue weighted by Crippen LogP contribution is -2.48. The van der Waals surface area contributed by atoms with Gasteiger partial charge in [0.25, 0.3) is 0 Å². The van der Waals surface area contributed by atoms with Crippen molar-refractivity contribution >= 4 is 23.6 Å². The van der Waals surface area contributed by atoms with Gasteiger partial charge in [-0.15, -0.1) is 0 Å². The quantitative estimate of drug-likeness (QED) is 0.480. The molecule has 1 N–H and O–H groups in total. The topological polar surface area (TPSA) is 106 Å². The average Bonchev–Trinajstić information content (AvgIpc) is 3.06. The van der Waals surface area contributed by atoms with Crippen molar-refractivity contribution in [2.75, 3.05) is 92.8 Å². The van der Waals surface area contributed by atoms with Crippen LogP contribution in [0.25, 0.3) is 0 Å². The average molecular weight is 667 g/mol. The number of carbonyl (C=O) groups is 4. The first-order chi connectivity index (χ1) is 22.1. The van der Waals surface area contributed by atoms with Gasteiger partial charge in [-0.1, -0.05) is 55.4 Å². The number of likely N-dealkylation sites (N-methyl/N-ethyl adjacent to an activating group) is 1. The third-order valence-electron chi connectivity index (χ3n) is 8.88. The molecule has 11 nitrogen and oxygen atoms in total. The predicted molar refractivity (Wildman–Crippen MR) is 190 cm³/mol. The van der Waals surface area contributed by atoms with Gasteiger partial charge in [-0.05, 0) is 59.3 Å². The minimum atomic E-state index is 0.111. The van der Waals surface area contributed by atoms with Gasteiger partial charge in [0.15, 0.2) is 0 Å². The van der Waals surface area contributed by atoms with Crippen molar-refractivity contribution < 1.29 is 23.9 Å². The van der Waals surface area contributed by atoms with Crippen LogP contribution < -0.4 is 5.32 Å². The van der Waals surface area contributed by atoms with Gasteiger partial charge in [-0.3, -0.25) is 19.2 Å². The van der Waals surface area contributed by atoms with Crippen molar-refractivity contribution in [2.45, 2.75) is 93.5 Å². The third kappa shape index (κ3) is 17.6. The van der Waals surface area contributed by atoms with Crippen LogP contribution in [0.4, 0.5) is 0 Å². The van der Waals surface area contributed by atoms with Gasteiger partial charge < -0.3 is 34.6 Å². The monoisotopic (exact) mass is 667 g/mol. The number of nitrogens with one attached hydrogen (secondary N) is 1. The van der Waals surface area contributed by atoms with Crippen LogP contribution in [0, 0.1) is 23.7 Å². The normalized spacial score (nSPS) is 19.7. The second-order valence-electron chi connectivity index (χ2n) is 14.7. The van der Waals surface area contributed by atoms with E-state index in [1.54, 1.807) is 0 Å². The Bertz CT molecular complexity index is 866. The summed E-state index contributed by atoms with van der Waals surface area (Å²) < 4.78 is 5.14. The fourth-order valence-electron chi connectivity index (χ4n) is 5.54. The van der Waals surface area contributed by atoms with Gasteiger partial charge in [-0.2, -0.15) is 0 Å². The van der Waals surface area contributed by atoms with Crippen molar-refractivity contribution in [3.8, 4) is 0 Å². The smallest absolute Gasteiger partial charge is 0.225 e. The zero-order chi connectivity index (χ0) is 35.5. The molecule has 0 saturated carbocycles. The van der Waals surface area contributed by atoms with E-state index in [0.717, 1.165) is 78.3 Å². The molecule has 0 spiro atoms. The lowest BCUT2D eigenvalue weighted by atomic mass is 10.0. The number of hydrogen-bond donors (Lipinski definition) is 1. The SMILES string of the molecule is CC(C)C(=O)N1CCCCC1.CC(C)C(=O)N1CCN(C)CC1.CC(C)C(=O)N1CCOCC1.CC(C)C(=O)NC1CCN(C)CC1. The van der Waals surface area contributed by atoms with E-state index in [4.69, 9.17) is 4.74 Å². The summed E-state index contributed by atoms with van der Waals surface area (Å²) in [6.45, 7) is 26.5. The first-order valence-corrected chi connectivity index (χ1v) is 18.3. The molecule has 4 aliphatic heterocycles. The Morgan fingerprint density at radius 3 is 1.30 bits per heavy atom. The first-order valence-electron chi connectivity index (χ1n) is 18.3. The standard InChI is InChI=1S/C10H20N2O.C9H18N2O.C9H17NO.C8H15NO2/c1-8(2)10(13)11-9-4-6-12(3)7-5-9;1-8(2)9(12)11-6-4-10(3)5-7-11;1-8(2)9(11)10-6-4-3-5-7-10;1-7(2)8(10)9-3-5-11-6-4-9/h8-9H,4-7H2,1-3H3,(H,11,13);8H,4-7H2,1-3H3;8H,3-7H2,1-2H3;7H,3-6H2,1-2H3. The van der Waals surface area contributed by atoms with Crippen molar-refractivity contribution in [3.63, 3.8) is 0 Å². The van der Waals surface area contributed by atoms with Gasteiger partial charge in [0, 0.05) is 82.1 Å². The van der Waals surface area contributed by atoms with Crippen molar-refractivity contribution in [1.29, 1.82) is 0 Å². The highest BCUT2D eigenvalue weighted by molar-refractivity contribution is 5.79. The Morgan fingerprint density at radius 2 is 0.894 bits per heavy atom. The second-order valence-corrected chi connectivity index (χ2v) is 14.7. The maximum Gasteiger partial charge on any atom is 0.225 e. The molecule has 0 aromatic carbocycles. The largest absolute Gasteiger partial charge is 0.378 e. The highest BCUT2D eigenvalue weighted by Gasteiger charge is 2.22. The summed E-state index contributed by atoms with van der Waals surface area (Å²) in [5.41, 5.74) is 0. The van der Waals surface area contributed by atoms with Crippen LogP contribution in [-0.4, -0.2) is 147 Å². The van der Waals surface area contributed by atoms with Crippen molar-refractivity contribution in [3.05, 3.63) is 0 Å². The van der Waals surface area contributed by atoms with E-state index >= 15 is 0 Å². The number of amides is 4. The summed E-state index contributed by atoms with van der Waals surface area (Å²) in [7, 11) is 4.22. The number of nitrogens with zero attached hydrogens (tertiary/aromatic N) is 5. The zero-order valence-corrected chi connectivity index (χ0v) is 31.7. The summed E-state index contributed by atoms with van der Waals surface area (Å²) in [5, 5.41) is 3.07. The maximum absolute atomic E-state index is 11.5. The molecule has 0 radical (unpaired) electrons. The fourth-order valence-corrected chi connectivity index (χ4v) is 5.54. The van der Waals surface area contributed by atoms with E-state index in [2.05, 4.69) is 29.2 Å². The molecule has 274 valence electrons. The van der Waals surface area contributed by atoms with Crippen LogP contribution in [0.2, 0.25) is 0 Å². The molecule has 0 unspecified atom stereocenters. The molecule has 4 fully saturated rings. The van der Waals surface area contributed by atoms with E-state index in [9.17, 15) is 19.2 Å². The minimum Gasteiger partial charge on any atom is -0.378 e. The molecular weight excluding hydrogens is 596 g/mol. The molecule has 0 aliphatic carbocycles. The maximum atomic E-state index is 11.5. The van der Waals surface area contributed by atoms with E-state index < -0.39 is 0 Å². The molecule has 4 rings (SSSR count). The number of carbonyl (C=O) groups excluding carboxylic acids is 4. The van der Waals surface area contributed by atoms with Crippen LogP contribution in [0.5, 0.6) is 0 Å². The molecule has 4 amide bonds. The van der Waals surface area contributed by atoms with Gasteiger partial charge in [0.1, 0.15) is 0 Å². The first kappa shape index (κ1) is 42.8. The van der Waals surface area contributed by atoms with E-state index in [1.807, 2.05) is 70.1 Å². The van der Waals surface area contributed by atoms with Gasteiger partial charge >= 0.3 is 0 Å². The van der Waals surface area contributed by atoms with Crippen LogP contribution in [0.3, 0.4) is 0 Å². The molecule has 0 bridgehead atoms. The Kier molecular flexibility index (Phi) is 21.1. The summed E-state index contributed by atoms with van der Waals surface area (Å²) in [6.07, 6.45) is 5.86. The molecule has 0 aromatic heterocycles. The molecular formula is C36H70N6O5. The van der Waals surface area contributed by atoms with Crippen molar-refractivity contribution in [2.24, 2.45) is 23.7 Å². The molecule has 4 aliphatic rings. The van der Waals surface area contributed by atoms with Crippen molar-refractivity contribution in [1.82, 2.24) is 29.8 Å². The highest BCUT2D eigenvalue weighted by Crippen LogP contribution is 2.12. The highest BCUT2D eigenvalue weighted by atomic mass is 16.5. The van der Waals surface area contributed by atoms with Gasteiger partial charge in [0.05, 0.1) is 13.2 Å². The molecule has 11 heteroatoms. The Hall–Kier alpha value is -2.24. The number of piperidine rings is 2. The Morgan fingerprint density at radius 1 is 0.511 bits per heavy atom. The predicted octanol–water partition coefficient (Wildman–Crippen LogP) is 3.43. The minimum absolute atomic E-state index is 0.111. The fraction of sp³-hybridized carbons (Fsp3) is 0.889. The summed E-state index contributed by atoms with van der Waals surface area (Å²) in [4.78, 5) is 56.1. The van der Waals surface area contributed by atoms with E-state index in [1.165, 1.54) is 19.3 Å². The number of hydrogen-bond acceptors (Lipinski definition) is 7. The number of rotatable bonds is 5. The molecule has 47 heavy (non-hydrogen) atoms. The molecule has 4 heterocycles. The number of piperazine rings is 1. The number of ether oxygens (including phenoxy) is 1. The molecule has 4 saturated heterocycles. The van der Waals surface area contributed by atoms with Crippen LogP contribution in [0.15, 0.2) is 0 Å². The van der Waals surface area contributed by atoms with E-state index in [-0.39, 0.29) is 35.5 Å². The van der Waals surface area contributed by atoms with Crippen LogP contribution in [-0.2, 0) is 23.9 Å². The number of likely N-dealkylation sites (tertiary alicyclic amines) is 2. The van der Waals surface area contributed by atoms with Gasteiger partial charge in [-0.25, -0.2) is 0 Å². The van der Waals surface area contributed by atoms with Crippen LogP contribution >= 0.6 is 0 Å². The Balaban J connectivity index is 0.000000314. The number of morpholine rings is 1. The molecule has 0 atom stereocenters. The summed E-state index contributed by atoms with van der Waals surface area (Å²) in [5.74, 6) is 1.60.